The highest BCUT2D eigenvalue weighted by atomic mass is 32.2. The molecule has 0 aromatic heterocycles. The molecule has 2 aromatic rings. The van der Waals surface area contributed by atoms with Crippen LogP contribution in [0.15, 0.2) is 42.5 Å². The van der Waals surface area contributed by atoms with Crippen LogP contribution < -0.4 is 9.62 Å². The second kappa shape index (κ2) is 7.00. The number of hydrogen-bond acceptors (Lipinski definition) is 3. The van der Waals surface area contributed by atoms with Crippen LogP contribution in [0.25, 0.3) is 0 Å². The minimum Gasteiger partial charge on any atom is -0.312 e. The van der Waals surface area contributed by atoms with Gasteiger partial charge in [0, 0.05) is 18.2 Å². The van der Waals surface area contributed by atoms with Gasteiger partial charge in [-0.25, -0.2) is 8.42 Å². The lowest BCUT2D eigenvalue weighted by Crippen LogP contribution is -2.36. The highest BCUT2D eigenvalue weighted by molar-refractivity contribution is 7.91. The zero-order chi connectivity index (χ0) is 19.0. The molecule has 1 amide bonds. The van der Waals surface area contributed by atoms with E-state index in [0.717, 1.165) is 48.1 Å². The zero-order valence-corrected chi connectivity index (χ0v) is 16.3. The molecule has 2 aliphatic rings. The molecule has 6 heteroatoms. The number of hydrogen-bond donors (Lipinski definition) is 1. The molecule has 27 heavy (non-hydrogen) atoms. The summed E-state index contributed by atoms with van der Waals surface area (Å²) in [5, 5.41) is 0. The number of fused-ring (bicyclic) bond motifs is 1. The van der Waals surface area contributed by atoms with Gasteiger partial charge in [0.1, 0.15) is 0 Å². The summed E-state index contributed by atoms with van der Waals surface area (Å²) in [6.45, 7) is 2.65. The van der Waals surface area contributed by atoms with E-state index in [2.05, 4.69) is 4.72 Å². The SMILES string of the molecule is Cc1cccc(CS(=O)(=O)Nc2ccc3c(c2)N(C(=O)C2CC2)CCC3)c1. The Kier molecular flexibility index (Phi) is 4.68. The molecule has 1 fully saturated rings. The van der Waals surface area contributed by atoms with E-state index in [1.807, 2.05) is 48.2 Å². The summed E-state index contributed by atoms with van der Waals surface area (Å²) in [5.41, 5.74) is 4.26. The number of amides is 1. The van der Waals surface area contributed by atoms with E-state index in [0.29, 0.717) is 12.2 Å². The van der Waals surface area contributed by atoms with Crippen molar-refractivity contribution < 1.29 is 13.2 Å². The van der Waals surface area contributed by atoms with Crippen molar-refractivity contribution in [3.8, 4) is 0 Å². The number of nitrogens with zero attached hydrogens (tertiary/aromatic N) is 1. The fraction of sp³-hybridized carbons (Fsp3) is 0.381. The molecule has 1 aliphatic carbocycles. The Labute approximate surface area is 160 Å². The van der Waals surface area contributed by atoms with E-state index < -0.39 is 10.0 Å². The third-order valence-electron chi connectivity index (χ3n) is 5.11. The molecule has 1 heterocycles. The third kappa shape index (κ3) is 4.16. The van der Waals surface area contributed by atoms with Gasteiger partial charge in [0.25, 0.3) is 0 Å². The summed E-state index contributed by atoms with van der Waals surface area (Å²) in [6, 6.07) is 13.0. The summed E-state index contributed by atoms with van der Waals surface area (Å²) in [4.78, 5) is 14.4. The first-order valence-corrected chi connectivity index (χ1v) is 11.1. The van der Waals surface area contributed by atoms with E-state index in [1.165, 1.54) is 0 Å². The van der Waals surface area contributed by atoms with Gasteiger partial charge in [0.15, 0.2) is 0 Å². The lowest BCUT2D eigenvalue weighted by molar-refractivity contribution is -0.119. The van der Waals surface area contributed by atoms with Crippen LogP contribution in [0.4, 0.5) is 11.4 Å². The number of aryl methyl sites for hydroxylation is 2. The topological polar surface area (TPSA) is 66.5 Å². The van der Waals surface area contributed by atoms with Crippen molar-refractivity contribution in [1.82, 2.24) is 0 Å². The first-order valence-electron chi connectivity index (χ1n) is 9.42. The van der Waals surface area contributed by atoms with Gasteiger partial charge >= 0.3 is 0 Å². The third-order valence-corrected chi connectivity index (χ3v) is 6.37. The van der Waals surface area contributed by atoms with Crippen LogP contribution in [0.3, 0.4) is 0 Å². The quantitative estimate of drug-likeness (QED) is 0.856. The molecular formula is C21H24N2O3S. The van der Waals surface area contributed by atoms with Crippen molar-refractivity contribution in [1.29, 1.82) is 0 Å². The Morgan fingerprint density at radius 2 is 2.00 bits per heavy atom. The fourth-order valence-electron chi connectivity index (χ4n) is 3.65. The number of carbonyl (C=O) groups is 1. The lowest BCUT2D eigenvalue weighted by atomic mass is 10.0. The van der Waals surface area contributed by atoms with E-state index in [9.17, 15) is 13.2 Å². The molecular weight excluding hydrogens is 360 g/mol. The summed E-state index contributed by atoms with van der Waals surface area (Å²) < 4.78 is 27.9. The van der Waals surface area contributed by atoms with Crippen molar-refractivity contribution in [3.05, 3.63) is 59.2 Å². The number of carbonyl (C=O) groups excluding carboxylic acids is 1. The van der Waals surface area contributed by atoms with Gasteiger partial charge in [-0.15, -0.1) is 0 Å². The summed E-state index contributed by atoms with van der Waals surface area (Å²) in [7, 11) is -3.53. The van der Waals surface area contributed by atoms with Crippen LogP contribution in [0.1, 0.15) is 36.0 Å². The molecule has 1 saturated carbocycles. The maximum Gasteiger partial charge on any atom is 0.236 e. The normalized spacial score (nSPS) is 16.7. The standard InChI is InChI=1S/C21H24N2O3S/c1-15-4-2-5-16(12-15)14-27(25,26)22-19-10-9-17-6-3-11-23(20(17)13-19)21(24)18-7-8-18/h2,4-5,9-10,12-13,18,22H,3,6-8,11,14H2,1H3. The van der Waals surface area contributed by atoms with Gasteiger partial charge in [-0.3, -0.25) is 9.52 Å². The second-order valence-electron chi connectivity index (χ2n) is 7.56. The molecule has 1 N–H and O–H groups in total. The Balaban J connectivity index is 1.55. The van der Waals surface area contributed by atoms with Crippen molar-refractivity contribution in [2.75, 3.05) is 16.2 Å². The first-order chi connectivity index (χ1) is 12.9. The van der Waals surface area contributed by atoms with Crippen LogP contribution in [0, 0.1) is 12.8 Å². The van der Waals surface area contributed by atoms with Gasteiger partial charge < -0.3 is 4.90 Å². The van der Waals surface area contributed by atoms with E-state index >= 15 is 0 Å². The number of rotatable bonds is 5. The van der Waals surface area contributed by atoms with Crippen LogP contribution in [0.5, 0.6) is 0 Å². The monoisotopic (exact) mass is 384 g/mol. The first kappa shape index (κ1) is 18.0. The average Bonchev–Trinajstić information content (AvgIpc) is 3.45. The van der Waals surface area contributed by atoms with Crippen LogP contribution in [-0.4, -0.2) is 20.9 Å². The van der Waals surface area contributed by atoms with Crippen LogP contribution >= 0.6 is 0 Å². The van der Waals surface area contributed by atoms with Gasteiger partial charge in [0.2, 0.25) is 15.9 Å². The van der Waals surface area contributed by atoms with Gasteiger partial charge in [-0.05, 0) is 55.9 Å². The Bertz CT molecular complexity index is 981. The minimum atomic E-state index is -3.53. The van der Waals surface area contributed by atoms with Crippen molar-refractivity contribution in [3.63, 3.8) is 0 Å². The molecule has 0 spiro atoms. The van der Waals surface area contributed by atoms with E-state index in [1.54, 1.807) is 6.07 Å². The molecule has 4 rings (SSSR count). The Morgan fingerprint density at radius 3 is 2.74 bits per heavy atom. The molecule has 1 aliphatic heterocycles. The second-order valence-corrected chi connectivity index (χ2v) is 9.28. The largest absolute Gasteiger partial charge is 0.312 e. The van der Waals surface area contributed by atoms with E-state index in [4.69, 9.17) is 0 Å². The molecule has 0 radical (unpaired) electrons. The van der Waals surface area contributed by atoms with Gasteiger partial charge in [-0.2, -0.15) is 0 Å². The van der Waals surface area contributed by atoms with Crippen LogP contribution in [0.2, 0.25) is 0 Å². The van der Waals surface area contributed by atoms with E-state index in [-0.39, 0.29) is 17.6 Å². The molecule has 0 atom stereocenters. The Morgan fingerprint density at radius 1 is 1.19 bits per heavy atom. The Hall–Kier alpha value is -2.34. The fourth-order valence-corrected chi connectivity index (χ4v) is 4.83. The molecule has 142 valence electrons. The van der Waals surface area contributed by atoms with Gasteiger partial charge in [-0.1, -0.05) is 35.9 Å². The predicted octanol–water partition coefficient (Wildman–Crippen LogP) is 3.63. The molecule has 2 aromatic carbocycles. The smallest absolute Gasteiger partial charge is 0.236 e. The van der Waals surface area contributed by atoms with Gasteiger partial charge in [0.05, 0.1) is 11.4 Å². The summed E-state index contributed by atoms with van der Waals surface area (Å²) in [5.74, 6) is 0.254. The highest BCUT2D eigenvalue weighted by Crippen LogP contribution is 2.37. The molecule has 5 nitrogen and oxygen atoms in total. The highest BCUT2D eigenvalue weighted by Gasteiger charge is 2.35. The van der Waals surface area contributed by atoms with Crippen molar-refractivity contribution in [2.45, 2.75) is 38.4 Å². The summed E-state index contributed by atoms with van der Waals surface area (Å²) in [6.07, 6.45) is 3.80. The van der Waals surface area contributed by atoms with Crippen molar-refractivity contribution in [2.24, 2.45) is 5.92 Å². The minimum absolute atomic E-state index is 0.0729. The molecule has 0 bridgehead atoms. The maximum atomic E-state index is 12.6. The number of sulfonamides is 1. The van der Waals surface area contributed by atoms with Crippen LogP contribution in [-0.2, 0) is 27.0 Å². The van der Waals surface area contributed by atoms with Crippen molar-refractivity contribution >= 4 is 27.3 Å². The number of nitrogens with one attached hydrogen (secondary N) is 1. The average molecular weight is 385 g/mol. The number of benzene rings is 2. The lowest BCUT2D eigenvalue weighted by Gasteiger charge is -2.30. The molecule has 0 unspecified atom stereocenters. The maximum absolute atomic E-state index is 12.6. The number of anilines is 2. The molecule has 0 saturated heterocycles. The summed E-state index contributed by atoms with van der Waals surface area (Å²) >= 11 is 0. The predicted molar refractivity (Wildman–Crippen MR) is 107 cm³/mol. The zero-order valence-electron chi connectivity index (χ0n) is 15.4.